The molecule has 3 fully saturated rings. The van der Waals surface area contributed by atoms with Crippen LogP contribution in [0.25, 0.3) is 16.9 Å². The van der Waals surface area contributed by atoms with Crippen LogP contribution in [0.2, 0.25) is 5.02 Å². The molecule has 9 nitrogen and oxygen atoms in total. The van der Waals surface area contributed by atoms with Gasteiger partial charge >= 0.3 is 6.18 Å². The van der Waals surface area contributed by atoms with Crippen molar-refractivity contribution >= 4 is 34.4 Å². The molecule has 2 unspecified atom stereocenters. The number of imidazole rings is 1. The van der Waals surface area contributed by atoms with Crippen molar-refractivity contribution < 1.29 is 22.3 Å². The van der Waals surface area contributed by atoms with Gasteiger partial charge in [-0.25, -0.2) is 13.8 Å². The molecule has 236 valence electrons. The SMILES string of the molecule is Cc1nc2c(N3C[C@@H](C)N(C(c4ccc(F)c(Cl)c4)C4CC(C(F)(F)F)C4)C[C@@H]3C)nc3nncn3c2n1CC1CCCO1. The second-order valence-corrected chi connectivity index (χ2v) is 13.1. The van der Waals surface area contributed by atoms with E-state index in [9.17, 15) is 17.6 Å². The third-order valence-electron chi connectivity index (χ3n) is 9.75. The number of nitrogens with zero attached hydrogens (tertiary/aromatic N) is 8. The number of ether oxygens (including phenoxy) is 1. The largest absolute Gasteiger partial charge is 0.391 e. The van der Waals surface area contributed by atoms with Crippen LogP contribution in [-0.4, -0.2) is 78.1 Å². The summed E-state index contributed by atoms with van der Waals surface area (Å²) >= 11 is 6.17. The normalized spacial score (nSPS) is 27.4. The minimum absolute atomic E-state index is 0.0271. The zero-order valence-corrected chi connectivity index (χ0v) is 25.6. The third kappa shape index (κ3) is 5.10. The molecule has 0 radical (unpaired) electrons. The molecule has 3 aromatic heterocycles. The van der Waals surface area contributed by atoms with Gasteiger partial charge < -0.3 is 14.2 Å². The van der Waals surface area contributed by atoms with E-state index in [1.807, 2.05) is 11.3 Å². The molecule has 7 rings (SSSR count). The van der Waals surface area contributed by atoms with Crippen LogP contribution in [0.1, 0.15) is 57.0 Å². The monoisotopic (exact) mass is 634 g/mol. The summed E-state index contributed by atoms with van der Waals surface area (Å²) in [5.41, 5.74) is 2.34. The molecule has 0 amide bonds. The molecular formula is C30H35ClF4N8O. The van der Waals surface area contributed by atoms with Crippen LogP contribution in [0.4, 0.5) is 23.4 Å². The van der Waals surface area contributed by atoms with Crippen LogP contribution in [0, 0.1) is 24.6 Å². The lowest BCUT2D eigenvalue weighted by Crippen LogP contribution is -2.59. The standard InChI is InChI=1S/C30H35ClF4N8O/c1-16-13-41(27-25-28(43-15-36-39-29(43)38-27)42(18(3)37-25)14-22-5-4-8-44-22)17(2)12-40(16)26(19-6-7-24(32)23(31)11-19)20-9-21(10-20)30(33,34)35/h6-7,11,15-17,20-22,26H,4-5,8-10,12-14H2,1-3H3/t16-,17+,20?,21?,22?,26?/m1/s1. The van der Waals surface area contributed by atoms with Gasteiger partial charge in [0, 0.05) is 37.8 Å². The summed E-state index contributed by atoms with van der Waals surface area (Å²) < 4.78 is 64.6. The van der Waals surface area contributed by atoms with Gasteiger partial charge in [-0.15, -0.1) is 10.2 Å². The first-order valence-corrected chi connectivity index (χ1v) is 15.6. The predicted octanol–water partition coefficient (Wildman–Crippen LogP) is 5.98. The van der Waals surface area contributed by atoms with Gasteiger partial charge in [0.05, 0.1) is 23.6 Å². The van der Waals surface area contributed by atoms with E-state index in [1.54, 1.807) is 18.5 Å². The highest BCUT2D eigenvalue weighted by Crippen LogP contribution is 2.52. The Morgan fingerprint density at radius 1 is 1.11 bits per heavy atom. The Labute approximate surface area is 257 Å². The number of alkyl halides is 3. The maximum absolute atomic E-state index is 14.1. The van der Waals surface area contributed by atoms with E-state index < -0.39 is 17.9 Å². The lowest BCUT2D eigenvalue weighted by molar-refractivity contribution is -0.211. The summed E-state index contributed by atoms with van der Waals surface area (Å²) in [6.07, 6.45) is -0.358. The van der Waals surface area contributed by atoms with Gasteiger partial charge in [0.25, 0.3) is 5.78 Å². The minimum Gasteiger partial charge on any atom is -0.376 e. The highest BCUT2D eigenvalue weighted by molar-refractivity contribution is 6.30. The second kappa shape index (κ2) is 11.1. The molecule has 1 aliphatic carbocycles. The number of hydrogen-bond donors (Lipinski definition) is 0. The van der Waals surface area contributed by atoms with E-state index in [4.69, 9.17) is 26.3 Å². The Bertz CT molecular complexity index is 1680. The highest BCUT2D eigenvalue weighted by Gasteiger charge is 2.52. The van der Waals surface area contributed by atoms with Crippen molar-refractivity contribution in [3.63, 3.8) is 0 Å². The van der Waals surface area contributed by atoms with Crippen molar-refractivity contribution in [3.05, 3.63) is 46.8 Å². The number of anilines is 1. The maximum atomic E-state index is 14.1. The number of fused-ring (bicyclic) bond motifs is 3. The summed E-state index contributed by atoms with van der Waals surface area (Å²) in [5.74, 6) is -0.0736. The quantitative estimate of drug-likeness (QED) is 0.242. The highest BCUT2D eigenvalue weighted by atomic mass is 35.5. The zero-order chi connectivity index (χ0) is 30.9. The summed E-state index contributed by atoms with van der Waals surface area (Å²) in [5, 5.41) is 8.38. The van der Waals surface area contributed by atoms with E-state index in [1.165, 1.54) is 6.07 Å². The fourth-order valence-electron chi connectivity index (χ4n) is 7.41. The summed E-state index contributed by atoms with van der Waals surface area (Å²) in [7, 11) is 0. The van der Waals surface area contributed by atoms with Crippen molar-refractivity contribution in [3.8, 4) is 0 Å². The molecule has 0 bridgehead atoms. The molecule has 2 aliphatic heterocycles. The van der Waals surface area contributed by atoms with Crippen LogP contribution in [0.15, 0.2) is 24.5 Å². The summed E-state index contributed by atoms with van der Waals surface area (Å²) in [6.45, 7) is 8.69. The van der Waals surface area contributed by atoms with Crippen molar-refractivity contribution in [2.75, 3.05) is 24.6 Å². The first kappa shape index (κ1) is 29.7. The smallest absolute Gasteiger partial charge is 0.376 e. The molecule has 1 saturated carbocycles. The number of piperazine rings is 1. The molecular weight excluding hydrogens is 600 g/mol. The lowest BCUT2D eigenvalue weighted by Gasteiger charge is -2.52. The van der Waals surface area contributed by atoms with Crippen molar-refractivity contribution in [2.45, 2.75) is 83.4 Å². The van der Waals surface area contributed by atoms with E-state index in [2.05, 4.69) is 38.4 Å². The maximum Gasteiger partial charge on any atom is 0.391 e. The molecule has 4 atom stereocenters. The summed E-state index contributed by atoms with van der Waals surface area (Å²) in [4.78, 5) is 14.4. The van der Waals surface area contributed by atoms with Crippen molar-refractivity contribution in [2.24, 2.45) is 11.8 Å². The van der Waals surface area contributed by atoms with Gasteiger partial charge in [-0.05, 0) is 70.1 Å². The predicted molar refractivity (Wildman–Crippen MR) is 157 cm³/mol. The average Bonchev–Trinajstić information content (AvgIpc) is 3.69. The molecule has 2 saturated heterocycles. The Morgan fingerprint density at radius 2 is 1.91 bits per heavy atom. The Morgan fingerprint density at radius 3 is 2.61 bits per heavy atom. The van der Waals surface area contributed by atoms with Gasteiger partial charge in [0.15, 0.2) is 11.5 Å². The Hall–Kier alpha value is -3.03. The molecule has 3 aliphatic rings. The number of benzene rings is 1. The Kier molecular flexibility index (Phi) is 7.48. The lowest BCUT2D eigenvalue weighted by atomic mass is 9.68. The molecule has 14 heteroatoms. The minimum atomic E-state index is -4.22. The van der Waals surface area contributed by atoms with Crippen LogP contribution in [0.3, 0.4) is 0 Å². The van der Waals surface area contributed by atoms with Crippen LogP contribution >= 0.6 is 11.6 Å². The van der Waals surface area contributed by atoms with Crippen molar-refractivity contribution in [1.82, 2.24) is 34.0 Å². The van der Waals surface area contributed by atoms with Crippen LogP contribution in [0.5, 0.6) is 0 Å². The Balaban J connectivity index is 1.22. The molecule has 4 aromatic rings. The van der Waals surface area contributed by atoms with E-state index in [0.29, 0.717) is 31.2 Å². The molecule has 0 spiro atoms. The van der Waals surface area contributed by atoms with Gasteiger partial charge in [-0.1, -0.05) is 17.7 Å². The first-order valence-electron chi connectivity index (χ1n) is 15.2. The first-order chi connectivity index (χ1) is 21.0. The van der Waals surface area contributed by atoms with Crippen molar-refractivity contribution in [1.29, 1.82) is 0 Å². The summed E-state index contributed by atoms with van der Waals surface area (Å²) in [6, 6.07) is 4.08. The van der Waals surface area contributed by atoms with Gasteiger partial charge in [-0.3, -0.25) is 4.90 Å². The number of rotatable bonds is 6. The van der Waals surface area contributed by atoms with Gasteiger partial charge in [0.2, 0.25) is 0 Å². The van der Waals surface area contributed by atoms with E-state index >= 15 is 0 Å². The van der Waals surface area contributed by atoms with E-state index in [-0.39, 0.29) is 48.0 Å². The fourth-order valence-corrected chi connectivity index (χ4v) is 7.60. The van der Waals surface area contributed by atoms with Gasteiger partial charge in [0.1, 0.15) is 23.5 Å². The third-order valence-corrected chi connectivity index (χ3v) is 10.0. The number of aromatic nitrogens is 6. The molecule has 1 aromatic carbocycles. The molecule has 44 heavy (non-hydrogen) atoms. The molecule has 0 N–H and O–H groups in total. The van der Waals surface area contributed by atoms with Crippen LogP contribution < -0.4 is 4.90 Å². The average molecular weight is 635 g/mol. The van der Waals surface area contributed by atoms with Crippen LogP contribution in [-0.2, 0) is 11.3 Å². The van der Waals surface area contributed by atoms with E-state index in [0.717, 1.165) is 42.0 Å². The number of halogens is 5. The number of hydrogen-bond acceptors (Lipinski definition) is 7. The topological polar surface area (TPSA) is 76.6 Å². The number of aryl methyl sites for hydroxylation is 1. The fraction of sp³-hybridized carbons (Fsp3) is 0.600. The zero-order valence-electron chi connectivity index (χ0n) is 24.8. The second-order valence-electron chi connectivity index (χ2n) is 12.6. The van der Waals surface area contributed by atoms with Gasteiger partial charge in [-0.2, -0.15) is 18.2 Å². The molecule has 5 heterocycles.